The Bertz CT molecular complexity index is 540. The quantitative estimate of drug-likeness (QED) is 0.790. The molecule has 1 aromatic carbocycles. The highest BCUT2D eigenvalue weighted by Crippen LogP contribution is 2.31. The molecule has 0 bridgehead atoms. The second kappa shape index (κ2) is 3.67. The van der Waals surface area contributed by atoms with Gasteiger partial charge in [0.05, 0.1) is 17.3 Å². The highest BCUT2D eigenvalue weighted by Gasteiger charge is 2.08. The number of carbonyl (C=O) groups excluding carboxylic acids is 1. The number of carbonyl (C=O) groups is 1. The predicted octanol–water partition coefficient (Wildman–Crippen LogP) is 2.88. The first-order valence-corrected chi connectivity index (χ1v) is 5.38. The predicted molar refractivity (Wildman–Crippen MR) is 59.3 cm³/mol. The summed E-state index contributed by atoms with van der Waals surface area (Å²) in [6, 6.07) is 3.33. The number of nitrogens with zero attached hydrogens (tertiary/aromatic N) is 1. The Morgan fingerprint density at radius 1 is 1.71 bits per heavy atom. The fraction of sp³-hybridized carbons (Fsp3) is 0.111. The third kappa shape index (κ3) is 1.53. The number of ether oxygens (including phenoxy) is 1. The average Bonchev–Trinajstić information content (AvgIpc) is 2.55. The van der Waals surface area contributed by atoms with Gasteiger partial charge in [0.15, 0.2) is 10.2 Å². The molecule has 3 nitrogen and oxygen atoms in total. The summed E-state index contributed by atoms with van der Waals surface area (Å²) in [5.74, 6) is 0.564. The molecular weight excluding hydrogens is 266 g/mol. The van der Waals surface area contributed by atoms with Gasteiger partial charge in [-0.05, 0) is 28.1 Å². The zero-order valence-corrected chi connectivity index (χ0v) is 9.61. The molecule has 1 aromatic heterocycles. The molecule has 0 amide bonds. The molecule has 0 atom stereocenters. The molecule has 0 aliphatic carbocycles. The van der Waals surface area contributed by atoms with Gasteiger partial charge >= 0.3 is 0 Å². The lowest BCUT2D eigenvalue weighted by molar-refractivity contribution is 0.112. The highest BCUT2D eigenvalue weighted by atomic mass is 79.9. The molecule has 0 saturated heterocycles. The van der Waals surface area contributed by atoms with Crippen LogP contribution in [0.15, 0.2) is 16.0 Å². The fourth-order valence-corrected chi connectivity index (χ4v) is 2.62. The van der Waals surface area contributed by atoms with E-state index in [-0.39, 0.29) is 5.56 Å². The van der Waals surface area contributed by atoms with Crippen molar-refractivity contribution in [3.8, 4) is 5.75 Å². The van der Waals surface area contributed by atoms with Gasteiger partial charge in [-0.1, -0.05) is 0 Å². The van der Waals surface area contributed by atoms with E-state index in [1.165, 1.54) is 24.5 Å². The van der Waals surface area contributed by atoms with E-state index in [9.17, 15) is 4.79 Å². The smallest absolute Gasteiger partial charge is 0.160 e. The Kier molecular flexibility index (Phi) is 2.19. The molecule has 0 N–H and O–H groups in total. The largest absolute Gasteiger partial charge is 0.497 e. The third-order valence-electron chi connectivity index (χ3n) is 1.79. The van der Waals surface area contributed by atoms with Gasteiger partial charge in [-0.15, -0.1) is 11.3 Å². The molecule has 72 valence electrons. The summed E-state index contributed by atoms with van der Waals surface area (Å²) in [4.78, 5) is 15.2. The van der Waals surface area contributed by atoms with Crippen molar-refractivity contribution in [2.75, 3.05) is 7.11 Å². The van der Waals surface area contributed by atoms with Gasteiger partial charge in [0.2, 0.25) is 0 Å². The first-order chi connectivity index (χ1) is 7.11. The Morgan fingerprint density at radius 3 is 3.14 bits per heavy atom. The van der Waals surface area contributed by atoms with Gasteiger partial charge in [0, 0.05) is 5.56 Å². The maximum absolute atomic E-state index is 11.1. The van der Waals surface area contributed by atoms with Crippen molar-refractivity contribution in [3.63, 3.8) is 0 Å². The normalized spacial score (nSPS) is 11.4. The lowest BCUT2D eigenvalue weighted by Crippen LogP contribution is -1.87. The number of aromatic nitrogens is 1. The van der Waals surface area contributed by atoms with Crippen LogP contribution in [0.4, 0.5) is 0 Å². The van der Waals surface area contributed by atoms with Crippen molar-refractivity contribution in [2.24, 2.45) is 0 Å². The van der Waals surface area contributed by atoms with Crippen LogP contribution in [0.25, 0.3) is 10.2 Å². The number of hydrogen-bond donors (Lipinski definition) is 0. The minimum absolute atomic E-state index is 0.270. The standard InChI is InChI=1S/C9H6BrNO2S/c1-13-6-2-5(4-12)8-7(3-6)14-9(10)11-8/h2-4H,1H3/i4D. The van der Waals surface area contributed by atoms with Gasteiger partial charge in [-0.2, -0.15) is 0 Å². The van der Waals surface area contributed by atoms with E-state index in [1.54, 1.807) is 6.07 Å². The molecule has 0 saturated carbocycles. The van der Waals surface area contributed by atoms with E-state index in [4.69, 9.17) is 6.11 Å². The number of rotatable bonds is 2. The van der Waals surface area contributed by atoms with Gasteiger partial charge in [-0.3, -0.25) is 4.79 Å². The van der Waals surface area contributed by atoms with E-state index in [1.807, 2.05) is 0 Å². The number of halogens is 1. The van der Waals surface area contributed by atoms with Gasteiger partial charge < -0.3 is 4.74 Å². The summed E-state index contributed by atoms with van der Waals surface area (Å²) in [5.41, 5.74) is 0.818. The van der Waals surface area contributed by atoms with Crippen LogP contribution in [0, 0.1) is 0 Å². The molecule has 0 aliphatic heterocycles. The highest BCUT2D eigenvalue weighted by molar-refractivity contribution is 9.11. The average molecular weight is 273 g/mol. The van der Waals surface area contributed by atoms with E-state index < -0.39 is 6.26 Å². The topological polar surface area (TPSA) is 39.2 Å². The van der Waals surface area contributed by atoms with Crippen LogP contribution in [0.3, 0.4) is 0 Å². The van der Waals surface area contributed by atoms with Crippen LogP contribution >= 0.6 is 27.3 Å². The number of fused-ring (bicyclic) bond motifs is 1. The Morgan fingerprint density at radius 2 is 2.50 bits per heavy atom. The van der Waals surface area contributed by atoms with Crippen LogP contribution in [0.2, 0.25) is 0 Å². The van der Waals surface area contributed by atoms with Crippen molar-refractivity contribution in [1.29, 1.82) is 0 Å². The van der Waals surface area contributed by atoms with Crippen LogP contribution in [0.5, 0.6) is 5.75 Å². The van der Waals surface area contributed by atoms with E-state index in [0.29, 0.717) is 15.2 Å². The van der Waals surface area contributed by atoms with Crippen LogP contribution in [0.1, 0.15) is 11.7 Å². The minimum Gasteiger partial charge on any atom is -0.497 e. The van der Waals surface area contributed by atoms with Crippen molar-refractivity contribution < 1.29 is 10.9 Å². The second-order valence-electron chi connectivity index (χ2n) is 2.59. The maximum Gasteiger partial charge on any atom is 0.160 e. The van der Waals surface area contributed by atoms with Gasteiger partial charge in [-0.25, -0.2) is 4.98 Å². The van der Waals surface area contributed by atoms with Gasteiger partial charge in [0.1, 0.15) is 7.12 Å². The van der Waals surface area contributed by atoms with Crippen LogP contribution < -0.4 is 4.74 Å². The minimum atomic E-state index is -0.753. The summed E-state index contributed by atoms with van der Waals surface area (Å²) >= 11 is 4.65. The summed E-state index contributed by atoms with van der Waals surface area (Å²) in [6.07, 6.45) is -0.753. The van der Waals surface area contributed by atoms with Gasteiger partial charge in [0.25, 0.3) is 0 Å². The molecule has 0 unspecified atom stereocenters. The summed E-state index contributed by atoms with van der Waals surface area (Å²) < 4.78 is 13.7. The lowest BCUT2D eigenvalue weighted by Gasteiger charge is -2.00. The molecule has 5 heteroatoms. The lowest BCUT2D eigenvalue weighted by atomic mass is 10.2. The monoisotopic (exact) mass is 272 g/mol. The summed E-state index contributed by atoms with van der Waals surface area (Å²) in [7, 11) is 1.52. The van der Waals surface area contributed by atoms with Crippen molar-refractivity contribution >= 4 is 43.7 Å². The number of methoxy groups -OCH3 is 1. The Labute approximate surface area is 94.3 Å². The maximum atomic E-state index is 11.1. The van der Waals surface area contributed by atoms with E-state index in [2.05, 4.69) is 20.9 Å². The van der Waals surface area contributed by atoms with Crippen LogP contribution in [-0.4, -0.2) is 18.4 Å². The Balaban J connectivity index is 2.79. The van der Waals surface area contributed by atoms with Crippen molar-refractivity contribution in [1.82, 2.24) is 4.98 Å². The van der Waals surface area contributed by atoms with E-state index >= 15 is 0 Å². The molecule has 14 heavy (non-hydrogen) atoms. The molecule has 0 aliphatic rings. The third-order valence-corrected chi connectivity index (χ3v) is 3.24. The zero-order chi connectivity index (χ0) is 11.0. The van der Waals surface area contributed by atoms with Crippen molar-refractivity contribution in [2.45, 2.75) is 0 Å². The first-order valence-electron chi connectivity index (χ1n) is 4.27. The van der Waals surface area contributed by atoms with E-state index in [0.717, 1.165) is 4.70 Å². The summed E-state index contributed by atoms with van der Waals surface area (Å²) in [6.45, 7) is 0. The van der Waals surface area contributed by atoms with Crippen molar-refractivity contribution in [3.05, 3.63) is 21.6 Å². The zero-order valence-electron chi connectivity index (χ0n) is 8.20. The number of thiazole rings is 1. The fourth-order valence-electron chi connectivity index (χ4n) is 1.17. The molecule has 2 rings (SSSR count). The SMILES string of the molecule is [2H]C(=O)c1cc(OC)cc2sc(Br)nc12. The molecule has 0 fully saturated rings. The first kappa shape index (κ1) is 8.38. The number of benzene rings is 1. The molecule has 0 spiro atoms. The Hall–Kier alpha value is -0.940. The molecular formula is C9H6BrNO2S. The second-order valence-corrected chi connectivity index (χ2v) is 4.90. The molecule has 1 heterocycles. The van der Waals surface area contributed by atoms with Crippen LogP contribution in [-0.2, 0) is 0 Å². The summed E-state index contributed by atoms with van der Waals surface area (Å²) in [5, 5.41) is 0. The number of aldehydes is 1. The molecule has 0 radical (unpaired) electrons. The number of hydrogen-bond acceptors (Lipinski definition) is 4. The molecule has 2 aromatic rings.